The molecule has 0 aliphatic carbocycles. The van der Waals surface area contributed by atoms with Crippen LogP contribution in [0.5, 0.6) is 0 Å². The van der Waals surface area contributed by atoms with Crippen LogP contribution in [0.3, 0.4) is 0 Å². The summed E-state index contributed by atoms with van der Waals surface area (Å²) in [5.41, 5.74) is 3.06. The Morgan fingerprint density at radius 1 is 0.622 bits per heavy atom. The van der Waals surface area contributed by atoms with Crippen molar-refractivity contribution in [3.8, 4) is 0 Å². The number of aryl methyl sites for hydroxylation is 2. The van der Waals surface area contributed by atoms with Gasteiger partial charge in [-0.2, -0.15) is 0 Å². The Bertz CT molecular complexity index is 1650. The second-order valence-corrected chi connectivity index (χ2v) is 11.8. The van der Waals surface area contributed by atoms with E-state index in [1.807, 2.05) is 26.0 Å². The Kier molecular flexibility index (Phi) is 7.33. The van der Waals surface area contributed by atoms with Gasteiger partial charge in [-0.25, -0.2) is 16.8 Å². The van der Waals surface area contributed by atoms with Crippen molar-refractivity contribution < 1.29 is 21.6 Å². The third-order valence-electron chi connectivity index (χ3n) is 5.49. The molecule has 0 aromatic heterocycles. The maximum atomic E-state index is 12.8. The highest BCUT2D eigenvalue weighted by Crippen LogP contribution is 2.23. The average molecular weight is 536 g/mol. The quantitative estimate of drug-likeness (QED) is 0.288. The van der Waals surface area contributed by atoms with Gasteiger partial charge in [-0.05, 0) is 85.6 Å². The zero-order chi connectivity index (χ0) is 26.6. The molecule has 0 saturated carbocycles. The fraction of sp³-hybridized carbons (Fsp3) is 0.0741. The minimum absolute atomic E-state index is 0.0451. The maximum absolute atomic E-state index is 12.8. The molecule has 0 aliphatic rings. The first-order chi connectivity index (χ1) is 17.5. The lowest BCUT2D eigenvalue weighted by Crippen LogP contribution is -2.16. The first-order valence-electron chi connectivity index (χ1n) is 11.2. The number of carbonyl (C=O) groups excluding carboxylic acids is 1. The van der Waals surface area contributed by atoms with Gasteiger partial charge in [0, 0.05) is 16.9 Å². The van der Waals surface area contributed by atoms with Crippen LogP contribution in [0.25, 0.3) is 0 Å². The molecule has 0 saturated heterocycles. The number of benzene rings is 4. The van der Waals surface area contributed by atoms with E-state index in [0.717, 1.165) is 11.1 Å². The summed E-state index contributed by atoms with van der Waals surface area (Å²) in [6, 6.07) is 25.2. The topological polar surface area (TPSA) is 121 Å². The van der Waals surface area contributed by atoms with E-state index >= 15 is 0 Å². The van der Waals surface area contributed by atoms with E-state index in [9.17, 15) is 21.6 Å². The van der Waals surface area contributed by atoms with Crippen molar-refractivity contribution in [3.05, 3.63) is 114 Å². The Hall–Kier alpha value is -4.15. The molecule has 4 rings (SSSR count). The SMILES string of the molecule is Cc1ccc(C)c(NS(=O)(=O)c2ccc(NC(=O)c3cccc(NS(=O)(=O)c4ccccc4)c3)cc2)c1. The lowest BCUT2D eigenvalue weighted by atomic mass is 10.1. The van der Waals surface area contributed by atoms with Crippen LogP contribution in [0.15, 0.2) is 107 Å². The van der Waals surface area contributed by atoms with E-state index in [-0.39, 0.29) is 21.0 Å². The van der Waals surface area contributed by atoms with Gasteiger partial charge < -0.3 is 5.32 Å². The van der Waals surface area contributed by atoms with Gasteiger partial charge >= 0.3 is 0 Å². The molecular weight excluding hydrogens is 510 g/mol. The van der Waals surface area contributed by atoms with Gasteiger partial charge in [0.05, 0.1) is 15.5 Å². The molecule has 4 aromatic rings. The molecule has 190 valence electrons. The standard InChI is InChI=1S/C27H25N3O5S2/c1-19-11-12-20(2)26(17-19)30-37(34,35)25-15-13-22(14-16-25)28-27(31)21-7-6-8-23(18-21)29-36(32,33)24-9-4-3-5-10-24/h3-18,29-30H,1-2H3,(H,28,31). The van der Waals surface area contributed by atoms with Crippen LogP contribution in [-0.4, -0.2) is 22.7 Å². The van der Waals surface area contributed by atoms with E-state index in [1.54, 1.807) is 42.5 Å². The maximum Gasteiger partial charge on any atom is 0.261 e. The van der Waals surface area contributed by atoms with Crippen molar-refractivity contribution in [3.63, 3.8) is 0 Å². The number of hydrogen-bond acceptors (Lipinski definition) is 5. The van der Waals surface area contributed by atoms with Gasteiger partial charge in [0.15, 0.2) is 0 Å². The number of hydrogen-bond donors (Lipinski definition) is 3. The fourth-order valence-corrected chi connectivity index (χ4v) is 5.70. The molecule has 0 radical (unpaired) electrons. The van der Waals surface area contributed by atoms with Gasteiger partial charge in [0.1, 0.15) is 0 Å². The summed E-state index contributed by atoms with van der Waals surface area (Å²) in [5.74, 6) is -0.482. The molecule has 10 heteroatoms. The van der Waals surface area contributed by atoms with E-state index in [1.165, 1.54) is 42.5 Å². The number of sulfonamides is 2. The van der Waals surface area contributed by atoms with Crippen LogP contribution >= 0.6 is 0 Å². The number of rotatable bonds is 8. The zero-order valence-electron chi connectivity index (χ0n) is 20.1. The normalized spacial score (nSPS) is 11.5. The lowest BCUT2D eigenvalue weighted by Gasteiger charge is -2.12. The van der Waals surface area contributed by atoms with Gasteiger partial charge in [0.25, 0.3) is 26.0 Å². The van der Waals surface area contributed by atoms with Crippen molar-refractivity contribution in [2.45, 2.75) is 23.6 Å². The van der Waals surface area contributed by atoms with Crippen LogP contribution in [0.4, 0.5) is 17.1 Å². The molecule has 8 nitrogen and oxygen atoms in total. The predicted molar refractivity (Wildman–Crippen MR) is 145 cm³/mol. The number of nitrogens with one attached hydrogen (secondary N) is 3. The second kappa shape index (κ2) is 10.5. The molecule has 1 amide bonds. The minimum atomic E-state index is -3.82. The monoisotopic (exact) mass is 535 g/mol. The molecule has 0 bridgehead atoms. The molecule has 0 aliphatic heterocycles. The molecule has 37 heavy (non-hydrogen) atoms. The lowest BCUT2D eigenvalue weighted by molar-refractivity contribution is 0.102. The Balaban J connectivity index is 1.46. The number of anilines is 3. The molecular formula is C27H25N3O5S2. The molecule has 0 spiro atoms. The van der Waals surface area contributed by atoms with Crippen molar-refractivity contribution in [1.82, 2.24) is 0 Å². The Labute approximate surface area is 216 Å². The van der Waals surface area contributed by atoms with Crippen molar-refractivity contribution in [2.24, 2.45) is 0 Å². The third-order valence-corrected chi connectivity index (χ3v) is 8.27. The van der Waals surface area contributed by atoms with Crippen molar-refractivity contribution >= 4 is 43.0 Å². The zero-order valence-corrected chi connectivity index (χ0v) is 21.7. The van der Waals surface area contributed by atoms with Gasteiger partial charge in [0.2, 0.25) is 0 Å². The van der Waals surface area contributed by atoms with E-state index < -0.39 is 26.0 Å². The Morgan fingerprint density at radius 2 is 1.27 bits per heavy atom. The van der Waals surface area contributed by atoms with Crippen LogP contribution in [0, 0.1) is 13.8 Å². The second-order valence-electron chi connectivity index (χ2n) is 8.40. The number of carbonyl (C=O) groups is 1. The molecule has 0 heterocycles. The smallest absolute Gasteiger partial charge is 0.261 e. The predicted octanol–water partition coefficient (Wildman–Crippen LogP) is 5.16. The first kappa shape index (κ1) is 25.9. The Morgan fingerprint density at radius 3 is 1.97 bits per heavy atom. The van der Waals surface area contributed by atoms with Crippen LogP contribution in [0.1, 0.15) is 21.5 Å². The summed E-state index contributed by atoms with van der Waals surface area (Å²) in [4.78, 5) is 12.9. The van der Waals surface area contributed by atoms with Gasteiger partial charge in [-0.3, -0.25) is 14.2 Å². The van der Waals surface area contributed by atoms with E-state index in [2.05, 4.69) is 14.8 Å². The molecule has 4 aromatic carbocycles. The summed E-state index contributed by atoms with van der Waals surface area (Å²) >= 11 is 0. The average Bonchev–Trinajstić information content (AvgIpc) is 2.87. The highest BCUT2D eigenvalue weighted by Gasteiger charge is 2.17. The minimum Gasteiger partial charge on any atom is -0.322 e. The largest absolute Gasteiger partial charge is 0.322 e. The van der Waals surface area contributed by atoms with E-state index in [0.29, 0.717) is 11.4 Å². The first-order valence-corrected chi connectivity index (χ1v) is 14.2. The van der Waals surface area contributed by atoms with Crippen molar-refractivity contribution in [1.29, 1.82) is 0 Å². The highest BCUT2D eigenvalue weighted by molar-refractivity contribution is 7.93. The van der Waals surface area contributed by atoms with Crippen LogP contribution < -0.4 is 14.8 Å². The molecule has 0 atom stereocenters. The highest BCUT2D eigenvalue weighted by atomic mass is 32.2. The summed E-state index contributed by atoms with van der Waals surface area (Å²) in [7, 11) is -7.63. The molecule has 0 fully saturated rings. The third kappa shape index (κ3) is 6.35. The van der Waals surface area contributed by atoms with Crippen LogP contribution in [-0.2, 0) is 20.0 Å². The number of amides is 1. The molecule has 0 unspecified atom stereocenters. The fourth-order valence-electron chi connectivity index (χ4n) is 3.51. The van der Waals surface area contributed by atoms with E-state index in [4.69, 9.17) is 0 Å². The molecule has 3 N–H and O–H groups in total. The van der Waals surface area contributed by atoms with Gasteiger partial charge in [-0.15, -0.1) is 0 Å². The van der Waals surface area contributed by atoms with Gasteiger partial charge in [-0.1, -0.05) is 36.4 Å². The summed E-state index contributed by atoms with van der Waals surface area (Å²) in [5, 5.41) is 2.69. The van der Waals surface area contributed by atoms with Crippen LogP contribution in [0.2, 0.25) is 0 Å². The van der Waals surface area contributed by atoms with Crippen molar-refractivity contribution in [2.75, 3.05) is 14.8 Å². The summed E-state index contributed by atoms with van der Waals surface area (Å²) < 4.78 is 55.8. The summed E-state index contributed by atoms with van der Waals surface area (Å²) in [6.45, 7) is 3.69. The summed E-state index contributed by atoms with van der Waals surface area (Å²) in [6.07, 6.45) is 0.